The van der Waals surface area contributed by atoms with Gasteiger partial charge in [0.25, 0.3) is 0 Å². The Morgan fingerprint density at radius 2 is 1.81 bits per heavy atom. The van der Waals surface area contributed by atoms with Crippen molar-refractivity contribution in [2.75, 3.05) is 0 Å². The first-order chi connectivity index (χ1) is 7.72. The summed E-state index contributed by atoms with van der Waals surface area (Å²) < 4.78 is 0. The average Bonchev–Trinajstić information content (AvgIpc) is 2.78. The number of alkyl halides is 1. The number of rotatable bonds is 7. The van der Waals surface area contributed by atoms with Gasteiger partial charge >= 0.3 is 0 Å². The van der Waals surface area contributed by atoms with Gasteiger partial charge in [-0.15, -0.1) is 21.5 Å². The molecule has 2 atom stereocenters. The maximum absolute atomic E-state index is 4.35. The Kier molecular flexibility index (Phi) is 6.51. The molecule has 4 heteroatoms. The van der Waals surface area contributed by atoms with Crippen molar-refractivity contribution in [3.8, 4) is 0 Å². The van der Waals surface area contributed by atoms with E-state index in [9.17, 15) is 0 Å². The first kappa shape index (κ1) is 14.1. The standard InChI is InChI=1S/C12H21BrN2S/c1-4-7-8-9(5-2)11-14-15-12(16-11)10(13)6-3/h9-10H,4-8H2,1-3H3. The molecule has 2 nitrogen and oxygen atoms in total. The average molecular weight is 305 g/mol. The van der Waals surface area contributed by atoms with Crippen LogP contribution in [0.4, 0.5) is 0 Å². The van der Waals surface area contributed by atoms with Crippen LogP contribution in [0.1, 0.15) is 73.6 Å². The maximum Gasteiger partial charge on any atom is 0.131 e. The molecule has 0 radical (unpaired) electrons. The van der Waals surface area contributed by atoms with Crippen LogP contribution in [0.5, 0.6) is 0 Å². The smallest absolute Gasteiger partial charge is 0.131 e. The number of aromatic nitrogens is 2. The summed E-state index contributed by atoms with van der Waals surface area (Å²) >= 11 is 5.41. The zero-order valence-corrected chi connectivity index (χ0v) is 12.8. The van der Waals surface area contributed by atoms with Gasteiger partial charge < -0.3 is 0 Å². The van der Waals surface area contributed by atoms with E-state index in [1.54, 1.807) is 11.3 Å². The summed E-state index contributed by atoms with van der Waals surface area (Å²) in [5.74, 6) is 0.614. The van der Waals surface area contributed by atoms with Crippen molar-refractivity contribution in [3.63, 3.8) is 0 Å². The second kappa shape index (κ2) is 7.38. The van der Waals surface area contributed by atoms with Gasteiger partial charge in [-0.25, -0.2) is 0 Å². The molecule has 1 aromatic rings. The molecule has 0 bridgehead atoms. The first-order valence-corrected chi connectivity index (χ1v) is 7.93. The summed E-state index contributed by atoms with van der Waals surface area (Å²) in [6.07, 6.45) is 6.05. The topological polar surface area (TPSA) is 25.8 Å². The highest BCUT2D eigenvalue weighted by Gasteiger charge is 2.17. The van der Waals surface area contributed by atoms with Crippen LogP contribution in [0.3, 0.4) is 0 Å². The number of hydrogen-bond acceptors (Lipinski definition) is 3. The van der Waals surface area contributed by atoms with Crippen molar-refractivity contribution in [3.05, 3.63) is 10.0 Å². The van der Waals surface area contributed by atoms with Crippen LogP contribution in [0, 0.1) is 0 Å². The van der Waals surface area contributed by atoms with Crippen LogP contribution in [0.2, 0.25) is 0 Å². The lowest BCUT2D eigenvalue weighted by molar-refractivity contribution is 0.563. The van der Waals surface area contributed by atoms with Crippen LogP contribution in [0.15, 0.2) is 0 Å². The molecule has 1 aromatic heterocycles. The predicted molar refractivity (Wildman–Crippen MR) is 74.4 cm³/mol. The lowest BCUT2D eigenvalue weighted by Gasteiger charge is -2.09. The molecule has 16 heavy (non-hydrogen) atoms. The first-order valence-electron chi connectivity index (χ1n) is 6.20. The molecule has 0 saturated carbocycles. The molecule has 0 N–H and O–H groups in total. The van der Waals surface area contributed by atoms with E-state index in [0.29, 0.717) is 10.7 Å². The molecule has 0 aliphatic rings. The van der Waals surface area contributed by atoms with Crippen LogP contribution in [-0.4, -0.2) is 10.2 Å². The summed E-state index contributed by atoms with van der Waals surface area (Å²) in [6, 6.07) is 0. The molecule has 0 amide bonds. The van der Waals surface area contributed by atoms with E-state index in [0.717, 1.165) is 11.4 Å². The summed E-state index contributed by atoms with van der Waals surface area (Å²) in [5.41, 5.74) is 0. The Morgan fingerprint density at radius 3 is 2.38 bits per heavy atom. The van der Waals surface area contributed by atoms with Crippen molar-refractivity contribution in [2.45, 2.75) is 63.6 Å². The molecule has 0 aliphatic carbocycles. The fraction of sp³-hybridized carbons (Fsp3) is 0.833. The van der Waals surface area contributed by atoms with E-state index in [1.807, 2.05) is 0 Å². The number of unbranched alkanes of at least 4 members (excludes halogenated alkanes) is 1. The highest BCUT2D eigenvalue weighted by molar-refractivity contribution is 9.09. The summed E-state index contributed by atoms with van der Waals surface area (Å²) in [7, 11) is 0. The van der Waals surface area contributed by atoms with Gasteiger partial charge in [-0.3, -0.25) is 0 Å². The Bertz CT molecular complexity index is 301. The molecule has 1 heterocycles. The van der Waals surface area contributed by atoms with Gasteiger partial charge in [0.05, 0.1) is 4.83 Å². The quantitative estimate of drug-likeness (QED) is 0.657. The molecule has 0 saturated heterocycles. The van der Waals surface area contributed by atoms with Gasteiger partial charge in [-0.1, -0.05) is 49.5 Å². The monoisotopic (exact) mass is 304 g/mol. The molecule has 0 aliphatic heterocycles. The molecule has 0 fully saturated rings. The van der Waals surface area contributed by atoms with Crippen molar-refractivity contribution >= 4 is 27.3 Å². The number of nitrogens with zero attached hydrogens (tertiary/aromatic N) is 2. The van der Waals surface area contributed by atoms with Crippen LogP contribution in [0.25, 0.3) is 0 Å². The third-order valence-electron chi connectivity index (χ3n) is 2.83. The van der Waals surface area contributed by atoms with E-state index in [2.05, 4.69) is 46.9 Å². The molecule has 0 spiro atoms. The van der Waals surface area contributed by atoms with Gasteiger partial charge in [0, 0.05) is 5.92 Å². The zero-order valence-electron chi connectivity index (χ0n) is 10.4. The van der Waals surface area contributed by atoms with E-state index >= 15 is 0 Å². The van der Waals surface area contributed by atoms with Crippen molar-refractivity contribution < 1.29 is 0 Å². The van der Waals surface area contributed by atoms with Gasteiger partial charge in [0.2, 0.25) is 0 Å². The summed E-state index contributed by atoms with van der Waals surface area (Å²) in [5, 5.41) is 11.0. The molecular weight excluding hydrogens is 284 g/mol. The van der Waals surface area contributed by atoms with Gasteiger partial charge in [-0.05, 0) is 19.3 Å². The highest BCUT2D eigenvalue weighted by Crippen LogP contribution is 2.33. The minimum Gasteiger partial charge on any atom is -0.143 e. The molecule has 92 valence electrons. The predicted octanol–water partition coefficient (Wildman–Crippen LogP) is 5.07. The Balaban J connectivity index is 2.66. The van der Waals surface area contributed by atoms with Crippen molar-refractivity contribution in [2.24, 2.45) is 0 Å². The molecule has 1 rings (SSSR count). The molecule has 0 aromatic carbocycles. The zero-order chi connectivity index (χ0) is 12.0. The number of hydrogen-bond donors (Lipinski definition) is 0. The van der Waals surface area contributed by atoms with Gasteiger partial charge in [0.1, 0.15) is 10.0 Å². The number of halogens is 1. The SMILES string of the molecule is CCCCC(CC)c1nnc(C(Br)CC)s1. The third-order valence-corrected chi connectivity index (χ3v) is 5.41. The molecule has 2 unspecified atom stereocenters. The third kappa shape index (κ3) is 3.81. The normalized spacial score (nSPS) is 15.0. The van der Waals surface area contributed by atoms with E-state index in [-0.39, 0.29) is 0 Å². The van der Waals surface area contributed by atoms with Crippen molar-refractivity contribution in [1.82, 2.24) is 10.2 Å². The summed E-state index contributed by atoms with van der Waals surface area (Å²) in [4.78, 5) is 0.377. The minimum absolute atomic E-state index is 0.377. The fourth-order valence-corrected chi connectivity index (χ4v) is 3.16. The van der Waals surface area contributed by atoms with Crippen LogP contribution < -0.4 is 0 Å². The largest absolute Gasteiger partial charge is 0.143 e. The Hall–Kier alpha value is 0.0400. The maximum atomic E-state index is 4.35. The fourth-order valence-electron chi connectivity index (χ4n) is 1.67. The second-order valence-electron chi connectivity index (χ2n) is 4.10. The minimum atomic E-state index is 0.377. The van der Waals surface area contributed by atoms with Gasteiger partial charge in [0.15, 0.2) is 0 Å². The Morgan fingerprint density at radius 1 is 1.12 bits per heavy atom. The van der Waals surface area contributed by atoms with Gasteiger partial charge in [-0.2, -0.15) is 0 Å². The van der Waals surface area contributed by atoms with Crippen LogP contribution in [-0.2, 0) is 0 Å². The van der Waals surface area contributed by atoms with E-state index in [4.69, 9.17) is 0 Å². The summed E-state index contributed by atoms with van der Waals surface area (Å²) in [6.45, 7) is 6.64. The van der Waals surface area contributed by atoms with E-state index in [1.165, 1.54) is 30.7 Å². The second-order valence-corrected chi connectivity index (χ2v) is 6.25. The lowest BCUT2D eigenvalue weighted by Crippen LogP contribution is -1.96. The highest BCUT2D eigenvalue weighted by atomic mass is 79.9. The van der Waals surface area contributed by atoms with Crippen molar-refractivity contribution in [1.29, 1.82) is 0 Å². The Labute approximate surface area is 111 Å². The molecular formula is C12H21BrN2S. The van der Waals surface area contributed by atoms with Crippen LogP contribution >= 0.6 is 27.3 Å². The lowest BCUT2D eigenvalue weighted by atomic mass is 10.0. The van der Waals surface area contributed by atoms with E-state index < -0.39 is 0 Å².